The van der Waals surface area contributed by atoms with Gasteiger partial charge in [-0.05, 0) is 68.6 Å². The van der Waals surface area contributed by atoms with Crippen LogP contribution < -0.4 is 11.1 Å². The summed E-state index contributed by atoms with van der Waals surface area (Å²) >= 11 is 0. The van der Waals surface area contributed by atoms with Crippen molar-refractivity contribution in [3.63, 3.8) is 0 Å². The van der Waals surface area contributed by atoms with Crippen LogP contribution in [0.25, 0.3) is 0 Å². The Morgan fingerprint density at radius 2 is 1.64 bits per heavy atom. The summed E-state index contributed by atoms with van der Waals surface area (Å²) in [6, 6.07) is 8.55. The van der Waals surface area contributed by atoms with Crippen molar-refractivity contribution in [1.82, 2.24) is 5.32 Å². The van der Waals surface area contributed by atoms with E-state index in [-0.39, 0.29) is 5.82 Å². The van der Waals surface area contributed by atoms with Crippen LogP contribution in [0.15, 0.2) is 24.3 Å². The second-order valence-corrected chi connectivity index (χ2v) is 7.27. The zero-order valence-electron chi connectivity index (χ0n) is 13.4. The zero-order valence-corrected chi connectivity index (χ0v) is 13.4. The quantitative estimate of drug-likeness (QED) is 0.888. The molecule has 3 rings (SSSR count). The van der Waals surface area contributed by atoms with E-state index in [0.717, 1.165) is 12.3 Å². The topological polar surface area (TPSA) is 38.0 Å². The third-order valence-electron chi connectivity index (χ3n) is 5.55. The fraction of sp³-hybridized carbons (Fsp3) is 0.684. The van der Waals surface area contributed by atoms with E-state index in [1.54, 1.807) is 12.1 Å². The molecule has 2 aliphatic carbocycles. The Labute approximate surface area is 133 Å². The molecule has 3 heteroatoms. The van der Waals surface area contributed by atoms with Crippen LogP contribution >= 0.6 is 0 Å². The Morgan fingerprint density at radius 1 is 0.955 bits per heavy atom. The third-order valence-corrected chi connectivity index (χ3v) is 5.55. The van der Waals surface area contributed by atoms with Gasteiger partial charge in [-0.2, -0.15) is 0 Å². The first-order chi connectivity index (χ1) is 10.7. The summed E-state index contributed by atoms with van der Waals surface area (Å²) in [7, 11) is 0. The van der Waals surface area contributed by atoms with Crippen molar-refractivity contribution in [1.29, 1.82) is 0 Å². The second kappa shape index (κ2) is 7.56. The molecule has 0 saturated heterocycles. The largest absolute Gasteiger partial charge is 0.326 e. The standard InChI is InChI=1S/C19H29FN2/c20-16-9-5-14(6-10-16)13-15-7-11-17(12-8-15)22-19-4-2-1-3-18(19)21/h5-6,9-10,15,17-19,22H,1-4,7-8,11-13,21H2/t15?,17?,18-,19-/m1/s1. The lowest BCUT2D eigenvalue weighted by atomic mass is 9.81. The number of halogens is 1. The van der Waals surface area contributed by atoms with Crippen LogP contribution in [-0.2, 0) is 6.42 Å². The Morgan fingerprint density at radius 3 is 2.32 bits per heavy atom. The summed E-state index contributed by atoms with van der Waals surface area (Å²) in [6.07, 6.45) is 11.2. The minimum absolute atomic E-state index is 0.138. The Bertz CT molecular complexity index is 451. The number of benzene rings is 1. The maximum absolute atomic E-state index is 13.0. The second-order valence-electron chi connectivity index (χ2n) is 7.27. The van der Waals surface area contributed by atoms with Crippen LogP contribution in [0.4, 0.5) is 4.39 Å². The lowest BCUT2D eigenvalue weighted by molar-refractivity contribution is 0.236. The molecule has 2 atom stereocenters. The Hall–Kier alpha value is -0.930. The maximum atomic E-state index is 13.0. The van der Waals surface area contributed by atoms with Crippen molar-refractivity contribution in [2.75, 3.05) is 0 Å². The van der Waals surface area contributed by atoms with Crippen LogP contribution in [0.1, 0.15) is 56.9 Å². The fourth-order valence-electron chi connectivity index (χ4n) is 4.16. The van der Waals surface area contributed by atoms with E-state index in [1.165, 1.54) is 56.9 Å². The van der Waals surface area contributed by atoms with Gasteiger partial charge in [0.15, 0.2) is 0 Å². The van der Waals surface area contributed by atoms with Crippen LogP contribution in [-0.4, -0.2) is 18.1 Å². The predicted octanol–water partition coefficient (Wildman–Crippen LogP) is 3.79. The highest BCUT2D eigenvalue weighted by Crippen LogP contribution is 2.29. The van der Waals surface area contributed by atoms with Gasteiger partial charge in [0, 0.05) is 18.1 Å². The van der Waals surface area contributed by atoms with Crippen molar-refractivity contribution in [2.45, 2.75) is 75.9 Å². The van der Waals surface area contributed by atoms with E-state index in [1.807, 2.05) is 12.1 Å². The molecule has 0 amide bonds. The average Bonchev–Trinajstić information content (AvgIpc) is 2.54. The van der Waals surface area contributed by atoms with Crippen molar-refractivity contribution in [3.8, 4) is 0 Å². The summed E-state index contributed by atoms with van der Waals surface area (Å²) in [4.78, 5) is 0. The van der Waals surface area contributed by atoms with Gasteiger partial charge in [-0.1, -0.05) is 25.0 Å². The first kappa shape index (κ1) is 15.9. The van der Waals surface area contributed by atoms with Gasteiger partial charge in [-0.3, -0.25) is 0 Å². The number of rotatable bonds is 4. The van der Waals surface area contributed by atoms with Gasteiger partial charge in [0.1, 0.15) is 5.82 Å². The van der Waals surface area contributed by atoms with Gasteiger partial charge in [-0.25, -0.2) is 4.39 Å². The predicted molar refractivity (Wildman–Crippen MR) is 89.2 cm³/mol. The van der Waals surface area contributed by atoms with Gasteiger partial charge in [0.2, 0.25) is 0 Å². The third kappa shape index (κ3) is 4.30. The summed E-state index contributed by atoms with van der Waals surface area (Å²) < 4.78 is 13.0. The molecule has 0 unspecified atom stereocenters. The van der Waals surface area contributed by atoms with Crippen LogP contribution in [0.3, 0.4) is 0 Å². The van der Waals surface area contributed by atoms with E-state index in [9.17, 15) is 4.39 Å². The summed E-state index contributed by atoms with van der Waals surface area (Å²) in [6.45, 7) is 0. The molecule has 2 fully saturated rings. The Balaban J connectivity index is 1.43. The molecule has 0 spiro atoms. The molecule has 0 aromatic heterocycles. The molecule has 1 aromatic carbocycles. The molecule has 22 heavy (non-hydrogen) atoms. The van der Waals surface area contributed by atoms with Crippen LogP contribution in [0.2, 0.25) is 0 Å². The summed E-state index contributed by atoms with van der Waals surface area (Å²) in [5.41, 5.74) is 7.52. The van der Waals surface area contributed by atoms with Crippen molar-refractivity contribution in [3.05, 3.63) is 35.6 Å². The van der Waals surface area contributed by atoms with Gasteiger partial charge in [-0.15, -0.1) is 0 Å². The summed E-state index contributed by atoms with van der Waals surface area (Å²) in [5.74, 6) is 0.615. The highest BCUT2D eigenvalue weighted by Gasteiger charge is 2.27. The smallest absolute Gasteiger partial charge is 0.123 e. The normalized spacial score (nSPS) is 32.8. The highest BCUT2D eigenvalue weighted by atomic mass is 19.1. The molecule has 2 saturated carbocycles. The van der Waals surface area contributed by atoms with E-state index < -0.39 is 0 Å². The molecular weight excluding hydrogens is 275 g/mol. The SMILES string of the molecule is N[C@@H]1CCCC[C@H]1NC1CCC(Cc2ccc(F)cc2)CC1. The maximum Gasteiger partial charge on any atom is 0.123 e. The van der Waals surface area contributed by atoms with Crippen molar-refractivity contribution in [2.24, 2.45) is 11.7 Å². The van der Waals surface area contributed by atoms with Gasteiger partial charge >= 0.3 is 0 Å². The zero-order chi connectivity index (χ0) is 15.4. The number of hydrogen-bond donors (Lipinski definition) is 2. The van der Waals surface area contributed by atoms with E-state index in [0.29, 0.717) is 18.1 Å². The van der Waals surface area contributed by atoms with Crippen LogP contribution in [0.5, 0.6) is 0 Å². The van der Waals surface area contributed by atoms with Gasteiger partial charge in [0.25, 0.3) is 0 Å². The van der Waals surface area contributed by atoms with Gasteiger partial charge in [0.05, 0.1) is 0 Å². The molecule has 0 aliphatic heterocycles. The lowest BCUT2D eigenvalue weighted by Gasteiger charge is -2.36. The molecule has 3 N–H and O–H groups in total. The molecule has 122 valence electrons. The van der Waals surface area contributed by atoms with Crippen LogP contribution in [0, 0.1) is 11.7 Å². The van der Waals surface area contributed by atoms with Crippen molar-refractivity contribution < 1.29 is 4.39 Å². The average molecular weight is 304 g/mol. The van der Waals surface area contributed by atoms with E-state index in [2.05, 4.69) is 5.32 Å². The number of nitrogens with one attached hydrogen (secondary N) is 1. The molecule has 2 nitrogen and oxygen atoms in total. The number of hydrogen-bond acceptors (Lipinski definition) is 2. The van der Waals surface area contributed by atoms with E-state index in [4.69, 9.17) is 5.73 Å². The minimum Gasteiger partial charge on any atom is -0.326 e. The molecule has 2 aliphatic rings. The van der Waals surface area contributed by atoms with Gasteiger partial charge < -0.3 is 11.1 Å². The Kier molecular flexibility index (Phi) is 5.48. The fourth-order valence-corrected chi connectivity index (χ4v) is 4.16. The number of nitrogens with two attached hydrogens (primary N) is 1. The lowest BCUT2D eigenvalue weighted by Crippen LogP contribution is -2.51. The molecule has 0 bridgehead atoms. The molecular formula is C19H29FN2. The first-order valence-electron chi connectivity index (χ1n) is 8.97. The highest BCUT2D eigenvalue weighted by molar-refractivity contribution is 5.16. The van der Waals surface area contributed by atoms with E-state index >= 15 is 0 Å². The molecule has 0 heterocycles. The van der Waals surface area contributed by atoms with Crippen molar-refractivity contribution >= 4 is 0 Å². The first-order valence-corrected chi connectivity index (χ1v) is 8.97. The molecule has 1 aromatic rings. The monoisotopic (exact) mass is 304 g/mol. The minimum atomic E-state index is -0.138. The molecule has 0 radical (unpaired) electrons. The summed E-state index contributed by atoms with van der Waals surface area (Å²) in [5, 5.41) is 3.82.